The Labute approximate surface area is 152 Å². The molecule has 0 aliphatic heterocycles. The van der Waals surface area contributed by atoms with Crippen molar-refractivity contribution in [2.75, 3.05) is 12.4 Å². The number of ether oxygens (including phenoxy) is 1. The second-order valence-electron chi connectivity index (χ2n) is 6.50. The molecule has 0 atom stereocenters. The van der Waals surface area contributed by atoms with E-state index in [1.54, 1.807) is 13.2 Å². The van der Waals surface area contributed by atoms with Crippen LogP contribution in [0.25, 0.3) is 11.3 Å². The van der Waals surface area contributed by atoms with Crippen LogP contribution in [0.4, 0.5) is 5.69 Å². The second-order valence-corrected chi connectivity index (χ2v) is 6.50. The molecule has 2 aromatic carbocycles. The third kappa shape index (κ3) is 3.20. The number of carbonyl (C=O) groups is 1. The molecule has 0 spiro atoms. The quantitative estimate of drug-likeness (QED) is 0.743. The number of carbonyl (C=O) groups excluding carboxylic acids is 1. The highest BCUT2D eigenvalue weighted by atomic mass is 16.5. The molecule has 1 aromatic heterocycles. The van der Waals surface area contributed by atoms with E-state index in [-0.39, 0.29) is 5.91 Å². The van der Waals surface area contributed by atoms with Gasteiger partial charge in [0.05, 0.1) is 12.8 Å². The number of nitrogens with one attached hydrogen (secondary N) is 2. The molecule has 4 rings (SSSR count). The smallest absolute Gasteiger partial charge is 0.273 e. The fourth-order valence-electron chi connectivity index (χ4n) is 3.46. The fraction of sp³-hybridized carbons (Fsp3) is 0.238. The molecular weight excluding hydrogens is 326 g/mol. The van der Waals surface area contributed by atoms with Crippen LogP contribution in [0.2, 0.25) is 0 Å². The van der Waals surface area contributed by atoms with Gasteiger partial charge in [-0.2, -0.15) is 5.10 Å². The van der Waals surface area contributed by atoms with Crippen molar-refractivity contribution in [2.45, 2.75) is 25.7 Å². The molecule has 5 nitrogen and oxygen atoms in total. The number of anilines is 1. The minimum Gasteiger partial charge on any atom is -0.497 e. The van der Waals surface area contributed by atoms with Crippen LogP contribution >= 0.6 is 0 Å². The summed E-state index contributed by atoms with van der Waals surface area (Å²) in [7, 11) is 1.63. The Morgan fingerprint density at radius 2 is 1.96 bits per heavy atom. The average molecular weight is 347 g/mol. The number of fused-ring (bicyclic) bond motifs is 1. The van der Waals surface area contributed by atoms with Crippen LogP contribution in [0.1, 0.15) is 34.5 Å². The number of hydrogen-bond donors (Lipinski definition) is 2. The molecule has 1 aliphatic carbocycles. The van der Waals surface area contributed by atoms with E-state index in [0.29, 0.717) is 11.4 Å². The van der Waals surface area contributed by atoms with Crippen molar-refractivity contribution in [1.29, 1.82) is 0 Å². The maximum absolute atomic E-state index is 12.7. The van der Waals surface area contributed by atoms with Gasteiger partial charge < -0.3 is 10.1 Å². The maximum atomic E-state index is 12.7. The van der Waals surface area contributed by atoms with Crippen molar-refractivity contribution in [3.05, 3.63) is 65.4 Å². The Morgan fingerprint density at radius 3 is 2.85 bits per heavy atom. The summed E-state index contributed by atoms with van der Waals surface area (Å²) in [6, 6.07) is 15.5. The summed E-state index contributed by atoms with van der Waals surface area (Å²) in [5.74, 6) is 0.582. The zero-order valence-electron chi connectivity index (χ0n) is 14.7. The first-order valence-corrected chi connectivity index (χ1v) is 8.86. The molecule has 0 saturated heterocycles. The Kier molecular flexibility index (Phi) is 4.44. The van der Waals surface area contributed by atoms with Crippen molar-refractivity contribution >= 4 is 11.6 Å². The number of aromatic nitrogens is 2. The van der Waals surface area contributed by atoms with Crippen LogP contribution in [0.15, 0.2) is 48.5 Å². The fourth-order valence-corrected chi connectivity index (χ4v) is 3.46. The van der Waals surface area contributed by atoms with Gasteiger partial charge in [0.25, 0.3) is 5.91 Å². The molecule has 0 fully saturated rings. The summed E-state index contributed by atoms with van der Waals surface area (Å²) in [4.78, 5) is 12.7. The molecule has 0 bridgehead atoms. The van der Waals surface area contributed by atoms with Gasteiger partial charge in [-0.1, -0.05) is 24.3 Å². The summed E-state index contributed by atoms with van der Waals surface area (Å²) in [5.41, 5.74) is 5.57. The van der Waals surface area contributed by atoms with Crippen LogP contribution in [-0.2, 0) is 12.8 Å². The molecule has 5 heteroatoms. The lowest BCUT2D eigenvalue weighted by atomic mass is 9.90. The van der Waals surface area contributed by atoms with E-state index in [2.05, 4.69) is 21.6 Å². The average Bonchev–Trinajstić information content (AvgIpc) is 3.19. The minimum absolute atomic E-state index is 0.175. The van der Waals surface area contributed by atoms with Crippen molar-refractivity contribution in [1.82, 2.24) is 10.2 Å². The summed E-state index contributed by atoms with van der Waals surface area (Å²) < 4.78 is 5.25. The van der Waals surface area contributed by atoms with Crippen molar-refractivity contribution in [3.8, 4) is 17.0 Å². The van der Waals surface area contributed by atoms with E-state index in [4.69, 9.17) is 4.74 Å². The van der Waals surface area contributed by atoms with Gasteiger partial charge in [0.1, 0.15) is 11.4 Å². The van der Waals surface area contributed by atoms with Gasteiger partial charge >= 0.3 is 0 Å². The first kappa shape index (κ1) is 16.4. The number of methoxy groups -OCH3 is 1. The monoisotopic (exact) mass is 347 g/mol. The highest BCUT2D eigenvalue weighted by Crippen LogP contribution is 2.28. The zero-order valence-corrected chi connectivity index (χ0v) is 14.7. The van der Waals surface area contributed by atoms with Crippen LogP contribution in [0.3, 0.4) is 0 Å². The molecule has 1 aliphatic rings. The van der Waals surface area contributed by atoms with Gasteiger partial charge in [-0.3, -0.25) is 9.89 Å². The molecule has 1 amide bonds. The van der Waals surface area contributed by atoms with Gasteiger partial charge in [0, 0.05) is 11.3 Å². The Morgan fingerprint density at radius 1 is 1.12 bits per heavy atom. The number of hydrogen-bond acceptors (Lipinski definition) is 3. The number of rotatable bonds is 4. The van der Waals surface area contributed by atoms with E-state index >= 15 is 0 Å². The maximum Gasteiger partial charge on any atom is 0.273 e. The third-order valence-electron chi connectivity index (χ3n) is 4.83. The van der Waals surface area contributed by atoms with E-state index in [9.17, 15) is 4.79 Å². The minimum atomic E-state index is -0.175. The van der Waals surface area contributed by atoms with Crippen molar-refractivity contribution < 1.29 is 9.53 Å². The summed E-state index contributed by atoms with van der Waals surface area (Å²) in [6.07, 6.45) is 4.49. The lowest BCUT2D eigenvalue weighted by Crippen LogP contribution is -2.15. The van der Waals surface area contributed by atoms with Gasteiger partial charge in [-0.05, 0) is 61.1 Å². The first-order valence-electron chi connectivity index (χ1n) is 8.86. The molecule has 2 N–H and O–H groups in total. The number of H-pyrrole nitrogens is 1. The van der Waals surface area contributed by atoms with Crippen LogP contribution in [0, 0.1) is 0 Å². The molecule has 0 unspecified atom stereocenters. The predicted molar refractivity (Wildman–Crippen MR) is 102 cm³/mol. The number of benzene rings is 2. The Hall–Kier alpha value is -3.08. The number of amides is 1. The van der Waals surface area contributed by atoms with E-state index in [0.717, 1.165) is 29.8 Å². The van der Waals surface area contributed by atoms with Crippen LogP contribution in [-0.4, -0.2) is 23.2 Å². The molecular formula is C21H21N3O2. The van der Waals surface area contributed by atoms with Gasteiger partial charge in [-0.25, -0.2) is 0 Å². The second kappa shape index (κ2) is 7.04. The van der Waals surface area contributed by atoms with Crippen LogP contribution < -0.4 is 10.1 Å². The number of aromatic amines is 1. The van der Waals surface area contributed by atoms with Gasteiger partial charge in [0.15, 0.2) is 0 Å². The lowest BCUT2D eigenvalue weighted by Gasteiger charge is -2.19. The number of nitrogens with zero attached hydrogens (tertiary/aromatic N) is 1. The first-order chi connectivity index (χ1) is 12.7. The summed E-state index contributed by atoms with van der Waals surface area (Å²) in [5, 5.41) is 10.1. The van der Waals surface area contributed by atoms with Gasteiger partial charge in [0.2, 0.25) is 0 Å². The zero-order chi connectivity index (χ0) is 17.9. The molecule has 3 aromatic rings. The van der Waals surface area contributed by atoms with E-state index in [1.165, 1.54) is 24.0 Å². The van der Waals surface area contributed by atoms with Gasteiger partial charge in [-0.15, -0.1) is 0 Å². The normalized spacial score (nSPS) is 13.1. The Balaban J connectivity index is 1.56. The molecule has 132 valence electrons. The summed E-state index contributed by atoms with van der Waals surface area (Å²) in [6.45, 7) is 0. The topological polar surface area (TPSA) is 67.0 Å². The lowest BCUT2D eigenvalue weighted by molar-refractivity contribution is 0.102. The molecule has 0 saturated carbocycles. The van der Waals surface area contributed by atoms with E-state index in [1.807, 2.05) is 36.4 Å². The van der Waals surface area contributed by atoms with Crippen molar-refractivity contribution in [3.63, 3.8) is 0 Å². The molecule has 1 heterocycles. The largest absolute Gasteiger partial charge is 0.497 e. The predicted octanol–water partition coefficient (Wildman–Crippen LogP) is 4.22. The van der Waals surface area contributed by atoms with Crippen molar-refractivity contribution in [2.24, 2.45) is 0 Å². The summed E-state index contributed by atoms with van der Waals surface area (Å²) >= 11 is 0. The third-order valence-corrected chi connectivity index (χ3v) is 4.83. The standard InChI is InChI=1S/C21H21N3O2/c1-26-16-9-4-8-15(12-16)19-13-20(24-23-19)21(25)22-18-11-5-7-14-6-2-3-10-17(14)18/h4-5,7-9,11-13H,2-3,6,10H2,1H3,(H,22,25)(H,23,24). The highest BCUT2D eigenvalue weighted by Gasteiger charge is 2.17. The molecule has 26 heavy (non-hydrogen) atoms. The SMILES string of the molecule is COc1cccc(-c2cc(C(=O)Nc3cccc4c3CCCC4)[nH]n2)c1. The Bertz CT molecular complexity index is 946. The highest BCUT2D eigenvalue weighted by molar-refractivity contribution is 6.04. The molecule has 0 radical (unpaired) electrons. The van der Waals surface area contributed by atoms with Crippen LogP contribution in [0.5, 0.6) is 5.75 Å². The van der Waals surface area contributed by atoms with E-state index < -0.39 is 0 Å². The number of aryl methyl sites for hydroxylation is 1.